The van der Waals surface area contributed by atoms with Crippen LogP contribution in [-0.2, 0) is 9.59 Å². The second-order valence-electron chi connectivity index (χ2n) is 5.84. The maximum absolute atomic E-state index is 12.6. The minimum atomic E-state index is -0.352. The average Bonchev–Trinajstić information content (AvgIpc) is 2.70. The van der Waals surface area contributed by atoms with Crippen molar-refractivity contribution in [3.63, 3.8) is 0 Å². The lowest BCUT2D eigenvalue weighted by atomic mass is 10.1. The smallest absolute Gasteiger partial charge is 0.271 e. The minimum absolute atomic E-state index is 0.138. The summed E-state index contributed by atoms with van der Waals surface area (Å²) >= 11 is 0. The zero-order valence-corrected chi connectivity index (χ0v) is 15.3. The summed E-state index contributed by atoms with van der Waals surface area (Å²) in [6, 6.07) is 14.2. The molecule has 3 rings (SSSR count). The fourth-order valence-corrected chi connectivity index (χ4v) is 2.71. The number of benzene rings is 2. The van der Waals surface area contributed by atoms with E-state index < -0.39 is 0 Å². The number of methoxy groups -OCH3 is 1. The van der Waals surface area contributed by atoms with Crippen molar-refractivity contribution >= 4 is 28.9 Å². The van der Waals surface area contributed by atoms with Gasteiger partial charge < -0.3 is 14.8 Å². The Labute approximate surface area is 157 Å². The summed E-state index contributed by atoms with van der Waals surface area (Å²) in [5, 5.41) is 8.33. The summed E-state index contributed by atoms with van der Waals surface area (Å²) in [5.41, 5.74) is 1.49. The van der Waals surface area contributed by atoms with Crippen molar-refractivity contribution in [1.29, 1.82) is 0 Å². The Hall–Kier alpha value is -3.35. The molecule has 140 valence electrons. The molecule has 0 aromatic heterocycles. The van der Waals surface area contributed by atoms with Crippen LogP contribution in [0.2, 0.25) is 0 Å². The Morgan fingerprint density at radius 1 is 1.15 bits per heavy atom. The fraction of sp³-hybridized carbons (Fsp3) is 0.250. The highest BCUT2D eigenvalue weighted by atomic mass is 16.5. The molecule has 27 heavy (non-hydrogen) atoms. The number of hydrogen-bond donors (Lipinski definition) is 1. The predicted octanol–water partition coefficient (Wildman–Crippen LogP) is 3.22. The molecule has 0 spiro atoms. The number of para-hydroxylation sites is 1. The summed E-state index contributed by atoms with van der Waals surface area (Å²) in [7, 11) is 1.54. The van der Waals surface area contributed by atoms with E-state index in [0.717, 1.165) is 0 Å². The number of hydrazone groups is 1. The van der Waals surface area contributed by atoms with Crippen LogP contribution in [-0.4, -0.2) is 31.2 Å². The van der Waals surface area contributed by atoms with Crippen LogP contribution in [0, 0.1) is 0 Å². The maximum atomic E-state index is 12.6. The third-order valence-electron chi connectivity index (χ3n) is 4.02. The molecule has 0 saturated heterocycles. The van der Waals surface area contributed by atoms with Gasteiger partial charge in [-0.1, -0.05) is 18.2 Å². The topological polar surface area (TPSA) is 80.2 Å². The van der Waals surface area contributed by atoms with E-state index in [4.69, 9.17) is 9.47 Å². The van der Waals surface area contributed by atoms with Gasteiger partial charge in [-0.3, -0.25) is 9.59 Å². The van der Waals surface area contributed by atoms with Gasteiger partial charge in [-0.2, -0.15) is 5.10 Å². The van der Waals surface area contributed by atoms with Gasteiger partial charge in [0.25, 0.3) is 5.91 Å². The maximum Gasteiger partial charge on any atom is 0.271 e. The second kappa shape index (κ2) is 8.35. The van der Waals surface area contributed by atoms with Crippen molar-refractivity contribution in [3.05, 3.63) is 48.5 Å². The standard InChI is InChI=1S/C20H21N3O4/c1-3-27-17-11-9-14(13-18(17)26-2)21-20(25)16-10-12-19(24)23(22-16)15-7-5-4-6-8-15/h4-9,11,13H,3,10,12H2,1-2H3,(H,21,25). The van der Waals surface area contributed by atoms with Crippen LogP contribution >= 0.6 is 0 Å². The molecule has 2 aromatic carbocycles. The number of ether oxygens (including phenoxy) is 2. The van der Waals surface area contributed by atoms with E-state index in [1.165, 1.54) is 12.1 Å². The lowest BCUT2D eigenvalue weighted by Crippen LogP contribution is -2.36. The molecule has 1 aliphatic heterocycles. The first-order valence-electron chi connectivity index (χ1n) is 8.70. The third kappa shape index (κ3) is 4.25. The summed E-state index contributed by atoms with van der Waals surface area (Å²) < 4.78 is 10.8. The number of hydrogen-bond acceptors (Lipinski definition) is 5. The molecular weight excluding hydrogens is 346 g/mol. The molecule has 0 aliphatic carbocycles. The number of anilines is 2. The van der Waals surface area contributed by atoms with Crippen LogP contribution in [0.1, 0.15) is 19.8 Å². The Bertz CT molecular complexity index is 865. The van der Waals surface area contributed by atoms with Crippen LogP contribution < -0.4 is 19.8 Å². The molecule has 2 aromatic rings. The van der Waals surface area contributed by atoms with Gasteiger partial charge in [0.05, 0.1) is 19.4 Å². The van der Waals surface area contributed by atoms with Gasteiger partial charge in [-0.05, 0) is 31.2 Å². The number of nitrogens with zero attached hydrogens (tertiary/aromatic N) is 2. The Morgan fingerprint density at radius 2 is 1.93 bits per heavy atom. The summed E-state index contributed by atoms with van der Waals surface area (Å²) in [5.74, 6) is 0.644. The number of amides is 2. The lowest BCUT2D eigenvalue weighted by Gasteiger charge is -2.23. The molecule has 1 aliphatic rings. The van der Waals surface area contributed by atoms with E-state index in [2.05, 4.69) is 10.4 Å². The van der Waals surface area contributed by atoms with Gasteiger partial charge >= 0.3 is 0 Å². The largest absolute Gasteiger partial charge is 0.493 e. The van der Waals surface area contributed by atoms with Crippen LogP contribution in [0.25, 0.3) is 0 Å². The number of rotatable bonds is 6. The van der Waals surface area contributed by atoms with Crippen LogP contribution in [0.15, 0.2) is 53.6 Å². The van der Waals surface area contributed by atoms with Crippen molar-refractivity contribution in [1.82, 2.24) is 0 Å². The van der Waals surface area contributed by atoms with Gasteiger partial charge in [0.15, 0.2) is 11.5 Å². The average molecular weight is 367 g/mol. The van der Waals surface area contributed by atoms with Gasteiger partial charge in [0.2, 0.25) is 5.91 Å². The summed E-state index contributed by atoms with van der Waals surface area (Å²) in [6.45, 7) is 2.40. The van der Waals surface area contributed by atoms with E-state index in [9.17, 15) is 9.59 Å². The SMILES string of the molecule is CCOc1ccc(NC(=O)C2=NN(c3ccccc3)C(=O)CC2)cc1OC. The lowest BCUT2D eigenvalue weighted by molar-refractivity contribution is -0.118. The number of nitrogens with one attached hydrogen (secondary N) is 1. The van der Waals surface area contributed by atoms with Gasteiger partial charge in [0, 0.05) is 24.6 Å². The monoisotopic (exact) mass is 367 g/mol. The van der Waals surface area contributed by atoms with E-state index in [1.807, 2.05) is 25.1 Å². The second-order valence-corrected chi connectivity index (χ2v) is 5.84. The minimum Gasteiger partial charge on any atom is -0.493 e. The molecular formula is C20H21N3O4. The van der Waals surface area contributed by atoms with Crippen molar-refractivity contribution in [3.8, 4) is 11.5 Å². The number of carbonyl (C=O) groups is 2. The third-order valence-corrected chi connectivity index (χ3v) is 4.02. The Balaban J connectivity index is 1.78. The normalized spacial score (nSPS) is 13.8. The molecule has 0 atom stereocenters. The van der Waals surface area contributed by atoms with E-state index in [1.54, 1.807) is 30.3 Å². The quantitative estimate of drug-likeness (QED) is 0.850. The van der Waals surface area contributed by atoms with Gasteiger partial charge in [0.1, 0.15) is 5.71 Å². The van der Waals surface area contributed by atoms with Gasteiger partial charge in [-0.25, -0.2) is 5.01 Å². The highest BCUT2D eigenvalue weighted by Crippen LogP contribution is 2.30. The van der Waals surface area contributed by atoms with Crippen molar-refractivity contribution in [2.45, 2.75) is 19.8 Å². The van der Waals surface area contributed by atoms with Crippen LogP contribution in [0.3, 0.4) is 0 Å². The summed E-state index contributed by atoms with van der Waals surface area (Å²) in [4.78, 5) is 24.8. The van der Waals surface area contributed by atoms with E-state index in [-0.39, 0.29) is 18.2 Å². The summed E-state index contributed by atoms with van der Waals surface area (Å²) in [6.07, 6.45) is 0.524. The van der Waals surface area contributed by atoms with E-state index >= 15 is 0 Å². The molecule has 1 heterocycles. The fourth-order valence-electron chi connectivity index (χ4n) is 2.71. The Kier molecular flexibility index (Phi) is 5.71. The molecule has 7 heteroatoms. The first kappa shape index (κ1) is 18.4. The molecule has 0 saturated carbocycles. The van der Waals surface area contributed by atoms with Gasteiger partial charge in [-0.15, -0.1) is 0 Å². The molecule has 2 amide bonds. The zero-order valence-electron chi connectivity index (χ0n) is 15.3. The molecule has 0 bridgehead atoms. The highest BCUT2D eigenvalue weighted by molar-refractivity contribution is 6.44. The molecule has 0 fully saturated rings. The predicted molar refractivity (Wildman–Crippen MR) is 103 cm³/mol. The van der Waals surface area contributed by atoms with Crippen molar-refractivity contribution < 1.29 is 19.1 Å². The molecule has 1 N–H and O–H groups in total. The number of carbonyl (C=O) groups excluding carboxylic acids is 2. The van der Waals surface area contributed by atoms with Crippen LogP contribution in [0.5, 0.6) is 11.5 Å². The highest BCUT2D eigenvalue weighted by Gasteiger charge is 2.25. The van der Waals surface area contributed by atoms with E-state index in [0.29, 0.717) is 41.6 Å². The van der Waals surface area contributed by atoms with Crippen LogP contribution in [0.4, 0.5) is 11.4 Å². The molecule has 0 radical (unpaired) electrons. The first-order valence-corrected chi connectivity index (χ1v) is 8.70. The zero-order chi connectivity index (χ0) is 19.2. The van der Waals surface area contributed by atoms with Crippen molar-refractivity contribution in [2.75, 3.05) is 24.0 Å². The first-order chi connectivity index (χ1) is 13.1. The van der Waals surface area contributed by atoms with Crippen molar-refractivity contribution in [2.24, 2.45) is 5.10 Å². The Morgan fingerprint density at radius 3 is 2.63 bits per heavy atom. The molecule has 7 nitrogen and oxygen atoms in total. The molecule has 0 unspecified atom stereocenters.